The summed E-state index contributed by atoms with van der Waals surface area (Å²) in [5.74, 6) is -0.915. The molecular weight excluding hydrogens is 336 g/mol. The van der Waals surface area contributed by atoms with E-state index in [-0.39, 0.29) is 17.3 Å². The number of carbonyl (C=O) groups excluding carboxylic acids is 1. The molecule has 106 valence electrons. The number of halogens is 1. The fraction of sp³-hybridized carbons (Fsp3) is 0.364. The highest BCUT2D eigenvalue weighted by Gasteiger charge is 2.20. The van der Waals surface area contributed by atoms with Gasteiger partial charge in [0.15, 0.2) is 0 Å². The third kappa shape index (κ3) is 4.19. The lowest BCUT2D eigenvalue weighted by molar-refractivity contribution is -0.122. The zero-order valence-electron chi connectivity index (χ0n) is 10.5. The summed E-state index contributed by atoms with van der Waals surface area (Å²) in [5.41, 5.74) is 5.71. The number of nitrogens with two attached hydrogens (primary N) is 2. The van der Waals surface area contributed by atoms with Crippen LogP contribution >= 0.6 is 15.9 Å². The molecule has 0 heterocycles. The van der Waals surface area contributed by atoms with E-state index in [1.807, 2.05) is 0 Å². The molecule has 0 radical (unpaired) electrons. The number of hydrogen-bond donors (Lipinski definition) is 2. The summed E-state index contributed by atoms with van der Waals surface area (Å²) in [5, 5.41) is 5.14. The number of ether oxygens (including phenoxy) is 1. The normalized spacial score (nSPS) is 13.1. The van der Waals surface area contributed by atoms with Crippen molar-refractivity contribution in [1.82, 2.24) is 0 Å². The van der Waals surface area contributed by atoms with Gasteiger partial charge >= 0.3 is 0 Å². The first-order valence-electron chi connectivity index (χ1n) is 5.38. The maximum atomic E-state index is 11.5. The first kappa shape index (κ1) is 15.9. The Balaban J connectivity index is 3.16. The van der Waals surface area contributed by atoms with Crippen molar-refractivity contribution in [2.24, 2.45) is 16.8 Å². The Bertz CT molecular complexity index is 601. The van der Waals surface area contributed by atoms with Crippen molar-refractivity contribution >= 4 is 31.9 Å². The van der Waals surface area contributed by atoms with Gasteiger partial charge in [-0.2, -0.15) is 0 Å². The molecule has 1 aromatic carbocycles. The molecule has 8 heteroatoms. The molecule has 4 N–H and O–H groups in total. The van der Waals surface area contributed by atoms with Gasteiger partial charge in [-0.1, -0.05) is 22.9 Å². The van der Waals surface area contributed by atoms with Crippen molar-refractivity contribution in [3.63, 3.8) is 0 Å². The smallest absolute Gasteiger partial charge is 0.241 e. The van der Waals surface area contributed by atoms with Crippen LogP contribution in [0.4, 0.5) is 0 Å². The monoisotopic (exact) mass is 350 g/mol. The second-order valence-electron chi connectivity index (χ2n) is 4.21. The van der Waals surface area contributed by atoms with Crippen LogP contribution in [-0.2, 0) is 14.8 Å². The van der Waals surface area contributed by atoms with Crippen molar-refractivity contribution < 1.29 is 17.9 Å². The third-order valence-corrected chi connectivity index (χ3v) is 3.85. The lowest BCUT2D eigenvalue weighted by atomic mass is 10.2. The summed E-state index contributed by atoms with van der Waals surface area (Å²) < 4.78 is 29.0. The number of hydrogen-bond acceptors (Lipinski definition) is 4. The van der Waals surface area contributed by atoms with Crippen molar-refractivity contribution in [3.05, 3.63) is 22.2 Å². The minimum absolute atomic E-state index is 0.0136. The molecule has 1 aromatic rings. The van der Waals surface area contributed by atoms with Gasteiger partial charge in [0.05, 0.1) is 12.5 Å². The van der Waals surface area contributed by atoms with Crippen LogP contribution in [0.3, 0.4) is 0 Å². The Morgan fingerprint density at radius 2 is 2.05 bits per heavy atom. The van der Waals surface area contributed by atoms with Gasteiger partial charge in [-0.15, -0.1) is 0 Å². The van der Waals surface area contributed by atoms with Crippen LogP contribution in [0.5, 0.6) is 5.75 Å². The van der Waals surface area contributed by atoms with Gasteiger partial charge in [-0.05, 0) is 24.6 Å². The summed E-state index contributed by atoms with van der Waals surface area (Å²) in [6.07, 6.45) is 0. The molecule has 0 saturated carbocycles. The number of primary sulfonamides is 1. The highest BCUT2D eigenvalue weighted by molar-refractivity contribution is 9.10. The van der Waals surface area contributed by atoms with Crippen molar-refractivity contribution in [1.29, 1.82) is 0 Å². The SMILES string of the molecule is Cc1cc(Br)cc(S(N)(=O)=O)c1OCC(C)C(N)=O. The predicted octanol–water partition coefficient (Wildman–Crippen LogP) is 0.905. The summed E-state index contributed by atoms with van der Waals surface area (Å²) >= 11 is 3.19. The lowest BCUT2D eigenvalue weighted by Crippen LogP contribution is -2.26. The molecular formula is C11H15BrN2O4S. The van der Waals surface area contributed by atoms with Crippen LogP contribution < -0.4 is 15.6 Å². The average Bonchev–Trinajstić information content (AvgIpc) is 2.25. The summed E-state index contributed by atoms with van der Waals surface area (Å²) in [6.45, 7) is 3.26. The number of aryl methyl sites for hydroxylation is 1. The van der Waals surface area contributed by atoms with E-state index >= 15 is 0 Å². The molecule has 0 saturated heterocycles. The van der Waals surface area contributed by atoms with Gasteiger partial charge in [0, 0.05) is 4.47 Å². The number of carbonyl (C=O) groups is 1. The van der Waals surface area contributed by atoms with E-state index in [1.165, 1.54) is 6.07 Å². The molecule has 0 aliphatic heterocycles. The van der Waals surface area contributed by atoms with Crippen LogP contribution in [-0.4, -0.2) is 20.9 Å². The maximum Gasteiger partial charge on any atom is 0.241 e. The number of amides is 1. The fourth-order valence-electron chi connectivity index (χ4n) is 1.39. The van der Waals surface area contributed by atoms with Gasteiger partial charge in [0.2, 0.25) is 15.9 Å². The molecule has 1 atom stereocenters. The van der Waals surface area contributed by atoms with Gasteiger partial charge in [0.25, 0.3) is 0 Å². The second-order valence-corrected chi connectivity index (χ2v) is 6.65. The van der Waals surface area contributed by atoms with Gasteiger partial charge in [-0.3, -0.25) is 4.79 Å². The van der Waals surface area contributed by atoms with Crippen molar-refractivity contribution in [2.45, 2.75) is 18.7 Å². The van der Waals surface area contributed by atoms with Gasteiger partial charge in [0.1, 0.15) is 10.6 Å². The van der Waals surface area contributed by atoms with Gasteiger partial charge in [-0.25, -0.2) is 13.6 Å². The molecule has 1 rings (SSSR count). The topological polar surface area (TPSA) is 112 Å². The number of primary amides is 1. The number of benzene rings is 1. The van der Waals surface area contributed by atoms with E-state index < -0.39 is 21.8 Å². The van der Waals surface area contributed by atoms with E-state index in [9.17, 15) is 13.2 Å². The largest absolute Gasteiger partial charge is 0.491 e. The average molecular weight is 351 g/mol. The molecule has 0 spiro atoms. The zero-order chi connectivity index (χ0) is 14.8. The van der Waals surface area contributed by atoms with Crippen LogP contribution in [0.15, 0.2) is 21.5 Å². The molecule has 0 bridgehead atoms. The van der Waals surface area contributed by atoms with E-state index in [4.69, 9.17) is 15.6 Å². The Kier molecular flexibility index (Phi) is 4.94. The maximum absolute atomic E-state index is 11.5. The molecule has 0 aliphatic carbocycles. The minimum atomic E-state index is -3.92. The highest BCUT2D eigenvalue weighted by atomic mass is 79.9. The molecule has 0 fully saturated rings. The summed E-state index contributed by atoms with van der Waals surface area (Å²) in [4.78, 5) is 10.8. The van der Waals surface area contributed by atoms with Crippen LogP contribution in [0.1, 0.15) is 12.5 Å². The molecule has 6 nitrogen and oxygen atoms in total. The van der Waals surface area contributed by atoms with E-state index in [1.54, 1.807) is 19.9 Å². The quantitative estimate of drug-likeness (QED) is 0.821. The van der Waals surface area contributed by atoms with Crippen LogP contribution in [0.2, 0.25) is 0 Å². The lowest BCUT2D eigenvalue weighted by Gasteiger charge is -2.15. The molecule has 0 aliphatic rings. The molecule has 0 aromatic heterocycles. The molecule has 19 heavy (non-hydrogen) atoms. The zero-order valence-corrected chi connectivity index (χ0v) is 12.9. The van der Waals surface area contributed by atoms with E-state index in [2.05, 4.69) is 15.9 Å². The summed E-state index contributed by atoms with van der Waals surface area (Å²) in [7, 11) is -3.92. The standard InChI is InChI=1S/C11H15BrN2O4S/c1-6-3-8(12)4-9(19(14,16)17)10(6)18-5-7(2)11(13)15/h3-4,7H,5H2,1-2H3,(H2,13,15)(H2,14,16,17). The van der Waals surface area contributed by atoms with E-state index in [0.29, 0.717) is 10.0 Å². The fourth-order valence-corrected chi connectivity index (χ4v) is 2.88. The van der Waals surface area contributed by atoms with E-state index in [0.717, 1.165) is 0 Å². The Labute approximate surface area is 120 Å². The Morgan fingerprint density at radius 1 is 1.47 bits per heavy atom. The number of rotatable bonds is 5. The van der Waals surface area contributed by atoms with Crippen LogP contribution in [0, 0.1) is 12.8 Å². The number of sulfonamides is 1. The van der Waals surface area contributed by atoms with Gasteiger partial charge < -0.3 is 10.5 Å². The third-order valence-electron chi connectivity index (χ3n) is 2.48. The second kappa shape index (κ2) is 5.89. The van der Waals surface area contributed by atoms with Crippen LogP contribution in [0.25, 0.3) is 0 Å². The summed E-state index contributed by atoms with van der Waals surface area (Å²) in [6, 6.07) is 3.05. The Hall–Kier alpha value is -1.12. The Morgan fingerprint density at radius 3 is 2.53 bits per heavy atom. The highest BCUT2D eigenvalue weighted by Crippen LogP contribution is 2.31. The first-order valence-corrected chi connectivity index (χ1v) is 7.72. The predicted molar refractivity (Wildman–Crippen MR) is 74.1 cm³/mol. The first-order chi connectivity index (χ1) is 8.62. The molecule has 1 amide bonds. The molecule has 1 unspecified atom stereocenters. The van der Waals surface area contributed by atoms with Crippen molar-refractivity contribution in [2.75, 3.05) is 6.61 Å². The van der Waals surface area contributed by atoms with Crippen molar-refractivity contribution in [3.8, 4) is 5.75 Å². The minimum Gasteiger partial charge on any atom is -0.491 e.